The fraction of sp³-hybridized carbons (Fsp3) is 0.273. The molecule has 2 heterocycles. The molecule has 0 atom stereocenters. The Balaban J connectivity index is 2.37. The second kappa shape index (κ2) is 5.21. The molecular formula is C11H10Cl2N2OS. The molecule has 0 fully saturated rings. The third-order valence-electron chi connectivity index (χ3n) is 1.84. The maximum Gasteiger partial charge on any atom is 0.143 e. The number of pyridine rings is 1. The molecule has 0 unspecified atom stereocenters. The smallest absolute Gasteiger partial charge is 0.143 e. The summed E-state index contributed by atoms with van der Waals surface area (Å²) in [6, 6.07) is 3.49. The van der Waals surface area contributed by atoms with E-state index in [9.17, 15) is 0 Å². The first-order valence-corrected chi connectivity index (χ1v) is 6.58. The summed E-state index contributed by atoms with van der Waals surface area (Å²) in [6.45, 7) is 3.91. The average Bonchev–Trinajstić information content (AvgIpc) is 2.62. The summed E-state index contributed by atoms with van der Waals surface area (Å²) in [7, 11) is 0. The molecule has 2 aromatic heterocycles. The predicted octanol–water partition coefficient (Wildman–Crippen LogP) is 4.30. The van der Waals surface area contributed by atoms with Crippen LogP contribution < -0.4 is 4.74 Å². The van der Waals surface area contributed by atoms with Crippen LogP contribution in [0, 0.1) is 0 Å². The molecule has 3 nitrogen and oxygen atoms in total. The van der Waals surface area contributed by atoms with E-state index in [-0.39, 0.29) is 6.10 Å². The highest BCUT2D eigenvalue weighted by atomic mass is 35.5. The molecule has 2 rings (SSSR count). The standard InChI is InChI=1S/C11H10Cl2N2OS/c1-6(2)16-7-3-8(15-9(12)4-7)11-14-5-10(13)17-11/h3-6H,1-2H3. The molecule has 2 aromatic rings. The van der Waals surface area contributed by atoms with E-state index in [0.29, 0.717) is 20.9 Å². The van der Waals surface area contributed by atoms with Gasteiger partial charge in [0.05, 0.1) is 12.3 Å². The van der Waals surface area contributed by atoms with Gasteiger partial charge < -0.3 is 4.74 Å². The van der Waals surface area contributed by atoms with E-state index in [4.69, 9.17) is 27.9 Å². The van der Waals surface area contributed by atoms with E-state index in [1.54, 1.807) is 18.3 Å². The predicted molar refractivity (Wildman–Crippen MR) is 71.1 cm³/mol. The minimum Gasteiger partial charge on any atom is -0.491 e. The van der Waals surface area contributed by atoms with Crippen molar-refractivity contribution in [3.05, 3.63) is 27.8 Å². The number of thiazole rings is 1. The van der Waals surface area contributed by atoms with Crippen LogP contribution in [0.2, 0.25) is 9.49 Å². The maximum absolute atomic E-state index is 5.94. The van der Waals surface area contributed by atoms with Crippen LogP contribution >= 0.6 is 34.5 Å². The van der Waals surface area contributed by atoms with Crippen molar-refractivity contribution in [1.82, 2.24) is 9.97 Å². The summed E-state index contributed by atoms with van der Waals surface area (Å²) in [6.07, 6.45) is 1.67. The van der Waals surface area contributed by atoms with Crippen LogP contribution in [0.25, 0.3) is 10.7 Å². The fourth-order valence-corrected chi connectivity index (χ4v) is 2.37. The molecule has 90 valence electrons. The number of aromatic nitrogens is 2. The Morgan fingerprint density at radius 1 is 1.29 bits per heavy atom. The molecule has 0 spiro atoms. The number of hydrogen-bond acceptors (Lipinski definition) is 4. The lowest BCUT2D eigenvalue weighted by atomic mass is 10.3. The summed E-state index contributed by atoms with van der Waals surface area (Å²) >= 11 is 13.1. The molecule has 0 aliphatic rings. The van der Waals surface area contributed by atoms with Gasteiger partial charge in [-0.25, -0.2) is 9.97 Å². The molecule has 0 bridgehead atoms. The van der Waals surface area contributed by atoms with Crippen molar-refractivity contribution in [3.63, 3.8) is 0 Å². The SMILES string of the molecule is CC(C)Oc1cc(Cl)nc(-c2ncc(Cl)s2)c1. The van der Waals surface area contributed by atoms with Gasteiger partial charge in [0, 0.05) is 12.1 Å². The third-order valence-corrected chi connectivity index (χ3v) is 3.17. The lowest BCUT2D eigenvalue weighted by Gasteiger charge is -2.10. The summed E-state index contributed by atoms with van der Waals surface area (Å²) < 4.78 is 6.20. The first kappa shape index (κ1) is 12.6. The van der Waals surface area contributed by atoms with Crippen LogP contribution in [-0.4, -0.2) is 16.1 Å². The van der Waals surface area contributed by atoms with Crippen molar-refractivity contribution in [2.24, 2.45) is 0 Å². The van der Waals surface area contributed by atoms with Gasteiger partial charge in [0.25, 0.3) is 0 Å². The highest BCUT2D eigenvalue weighted by molar-refractivity contribution is 7.18. The Morgan fingerprint density at radius 3 is 2.65 bits per heavy atom. The Morgan fingerprint density at radius 2 is 2.06 bits per heavy atom. The third kappa shape index (κ3) is 3.31. The van der Waals surface area contributed by atoms with E-state index in [0.717, 1.165) is 5.01 Å². The van der Waals surface area contributed by atoms with Gasteiger partial charge in [-0.1, -0.05) is 23.2 Å². The van der Waals surface area contributed by atoms with Crippen molar-refractivity contribution in [2.75, 3.05) is 0 Å². The van der Waals surface area contributed by atoms with Crippen LogP contribution in [-0.2, 0) is 0 Å². The second-order valence-electron chi connectivity index (χ2n) is 3.65. The molecule has 0 amide bonds. The van der Waals surface area contributed by atoms with Crippen molar-refractivity contribution in [1.29, 1.82) is 0 Å². The molecule has 0 N–H and O–H groups in total. The van der Waals surface area contributed by atoms with Gasteiger partial charge in [-0.15, -0.1) is 11.3 Å². The van der Waals surface area contributed by atoms with E-state index in [1.807, 2.05) is 13.8 Å². The molecule has 0 aliphatic carbocycles. The number of hydrogen-bond donors (Lipinski definition) is 0. The molecular weight excluding hydrogens is 279 g/mol. The molecule has 0 saturated carbocycles. The minimum atomic E-state index is 0.0844. The average molecular weight is 289 g/mol. The zero-order valence-electron chi connectivity index (χ0n) is 9.28. The Kier molecular flexibility index (Phi) is 3.86. The van der Waals surface area contributed by atoms with Gasteiger partial charge in [-0.2, -0.15) is 0 Å². The molecule has 6 heteroatoms. The fourth-order valence-electron chi connectivity index (χ4n) is 1.30. The number of halogens is 2. The van der Waals surface area contributed by atoms with E-state index >= 15 is 0 Å². The van der Waals surface area contributed by atoms with Crippen LogP contribution in [0.3, 0.4) is 0 Å². The van der Waals surface area contributed by atoms with Gasteiger partial charge in [0.15, 0.2) is 0 Å². The Hall–Kier alpha value is -0.840. The van der Waals surface area contributed by atoms with Gasteiger partial charge in [0.2, 0.25) is 0 Å². The Labute approximate surface area is 113 Å². The van der Waals surface area contributed by atoms with E-state index in [1.165, 1.54) is 11.3 Å². The zero-order valence-corrected chi connectivity index (χ0v) is 11.6. The van der Waals surface area contributed by atoms with Gasteiger partial charge in [-0.05, 0) is 13.8 Å². The molecule has 17 heavy (non-hydrogen) atoms. The normalized spacial score (nSPS) is 10.9. The molecule has 0 aliphatic heterocycles. The van der Waals surface area contributed by atoms with Crippen molar-refractivity contribution >= 4 is 34.5 Å². The van der Waals surface area contributed by atoms with Crippen molar-refractivity contribution < 1.29 is 4.74 Å². The lowest BCUT2D eigenvalue weighted by Crippen LogP contribution is -2.05. The number of rotatable bonds is 3. The number of nitrogens with zero attached hydrogens (tertiary/aromatic N) is 2. The highest BCUT2D eigenvalue weighted by Gasteiger charge is 2.09. The zero-order chi connectivity index (χ0) is 12.4. The summed E-state index contributed by atoms with van der Waals surface area (Å²) in [5, 5.41) is 1.11. The van der Waals surface area contributed by atoms with Gasteiger partial charge in [-0.3, -0.25) is 0 Å². The molecule has 0 saturated heterocycles. The van der Waals surface area contributed by atoms with Crippen LogP contribution in [0.5, 0.6) is 5.75 Å². The monoisotopic (exact) mass is 288 g/mol. The van der Waals surface area contributed by atoms with E-state index < -0.39 is 0 Å². The molecule has 0 aromatic carbocycles. The molecule has 0 radical (unpaired) electrons. The van der Waals surface area contributed by atoms with Crippen molar-refractivity contribution in [3.8, 4) is 16.5 Å². The first-order chi connectivity index (χ1) is 8.04. The second-order valence-corrected chi connectivity index (χ2v) is 5.70. The first-order valence-electron chi connectivity index (χ1n) is 5.00. The van der Waals surface area contributed by atoms with E-state index in [2.05, 4.69) is 9.97 Å². The van der Waals surface area contributed by atoms with Crippen LogP contribution in [0.1, 0.15) is 13.8 Å². The van der Waals surface area contributed by atoms with Crippen molar-refractivity contribution in [2.45, 2.75) is 20.0 Å². The Bertz CT molecular complexity index is 528. The maximum atomic E-state index is 5.94. The largest absolute Gasteiger partial charge is 0.491 e. The van der Waals surface area contributed by atoms with Gasteiger partial charge >= 0.3 is 0 Å². The summed E-state index contributed by atoms with van der Waals surface area (Å²) in [5.41, 5.74) is 0.671. The minimum absolute atomic E-state index is 0.0844. The quantitative estimate of drug-likeness (QED) is 0.790. The summed E-state index contributed by atoms with van der Waals surface area (Å²) in [5.74, 6) is 0.682. The highest BCUT2D eigenvalue weighted by Crippen LogP contribution is 2.30. The topological polar surface area (TPSA) is 35.0 Å². The van der Waals surface area contributed by atoms with Crippen LogP contribution in [0.15, 0.2) is 18.3 Å². The lowest BCUT2D eigenvalue weighted by molar-refractivity contribution is 0.242. The summed E-state index contributed by atoms with van der Waals surface area (Å²) in [4.78, 5) is 8.36. The van der Waals surface area contributed by atoms with Crippen LogP contribution in [0.4, 0.5) is 0 Å². The van der Waals surface area contributed by atoms with Gasteiger partial charge in [0.1, 0.15) is 25.9 Å². The number of ether oxygens (including phenoxy) is 1.